The number of hydrogen-bond acceptors (Lipinski definition) is 5. The minimum Gasteiger partial charge on any atom is -0.394 e. The average Bonchev–Trinajstić information content (AvgIpc) is 3.73. The maximum absolute atomic E-state index is 14.3. The predicted molar refractivity (Wildman–Crippen MR) is 190 cm³/mol. The van der Waals surface area contributed by atoms with Crippen LogP contribution in [0.3, 0.4) is 0 Å². The number of rotatable bonds is 11. The third-order valence-electron chi connectivity index (χ3n) is 10.1. The van der Waals surface area contributed by atoms with Gasteiger partial charge in [-0.2, -0.15) is 0 Å². The molecule has 0 radical (unpaired) electrons. The number of aliphatic hydroxyl groups excluding tert-OH is 1. The minimum atomic E-state index is -1.92. The number of aliphatic hydroxyl groups is 2. The van der Waals surface area contributed by atoms with Crippen LogP contribution in [0, 0.1) is 5.92 Å². The maximum Gasteiger partial charge on any atom is 0.264 e. The molecule has 1 saturated heterocycles. The number of hydrogen-bond donors (Lipinski definition) is 2. The molecule has 6 rings (SSSR count). The molecule has 250 valence electrons. The highest BCUT2D eigenvalue weighted by Gasteiger charge is 2.52. The zero-order chi connectivity index (χ0) is 34.2. The highest BCUT2D eigenvalue weighted by molar-refractivity contribution is 6.28. The van der Waals surface area contributed by atoms with Gasteiger partial charge >= 0.3 is 0 Å². The van der Waals surface area contributed by atoms with Crippen LogP contribution in [0.5, 0.6) is 0 Å². The largest absolute Gasteiger partial charge is 0.394 e. The van der Waals surface area contributed by atoms with Crippen LogP contribution < -0.4 is 9.80 Å². The molecule has 3 heterocycles. The van der Waals surface area contributed by atoms with E-state index in [9.17, 15) is 24.6 Å². The number of carbonyl (C=O) groups is 3. The SMILES string of the molecule is CC(C)=CCC/C(C)=C/CN1C(=O)[C@](O)([C@H](C)/C=C/CC(=O)N2CCC[C@H]2CO)c2cc(N3C(=O)c4cccc5cccc3c45)ccc21. The summed E-state index contributed by atoms with van der Waals surface area (Å²) in [4.78, 5) is 46.0. The van der Waals surface area contributed by atoms with E-state index >= 15 is 0 Å². The lowest BCUT2D eigenvalue weighted by molar-refractivity contribution is -0.139. The Kier molecular flexibility index (Phi) is 9.41. The van der Waals surface area contributed by atoms with Crippen molar-refractivity contribution in [2.24, 2.45) is 5.92 Å². The van der Waals surface area contributed by atoms with Gasteiger partial charge in [0.2, 0.25) is 5.91 Å². The second-order valence-electron chi connectivity index (χ2n) is 13.6. The number of anilines is 3. The van der Waals surface area contributed by atoms with E-state index < -0.39 is 17.4 Å². The summed E-state index contributed by atoms with van der Waals surface area (Å²) in [5, 5.41) is 23.9. The second kappa shape index (κ2) is 13.5. The van der Waals surface area contributed by atoms with E-state index in [1.165, 1.54) is 5.57 Å². The fraction of sp³-hybridized carbons (Fsp3) is 0.375. The number of fused-ring (bicyclic) bond motifs is 1. The first-order valence-electron chi connectivity index (χ1n) is 17.0. The van der Waals surface area contributed by atoms with Crippen molar-refractivity contribution in [3.8, 4) is 0 Å². The van der Waals surface area contributed by atoms with Crippen LogP contribution in [0.25, 0.3) is 10.8 Å². The zero-order valence-corrected chi connectivity index (χ0v) is 28.3. The zero-order valence-electron chi connectivity index (χ0n) is 28.3. The van der Waals surface area contributed by atoms with Gasteiger partial charge in [-0.25, -0.2) is 0 Å². The Hall–Kier alpha value is -4.53. The van der Waals surface area contributed by atoms with E-state index in [0.717, 1.165) is 47.7 Å². The molecule has 0 aromatic heterocycles. The Labute approximate surface area is 282 Å². The molecule has 8 nitrogen and oxygen atoms in total. The summed E-state index contributed by atoms with van der Waals surface area (Å²) in [6, 6.07) is 16.8. The Balaban J connectivity index is 1.33. The Morgan fingerprint density at radius 2 is 1.81 bits per heavy atom. The molecule has 2 N–H and O–H groups in total. The van der Waals surface area contributed by atoms with Crippen LogP contribution in [0.2, 0.25) is 0 Å². The Morgan fingerprint density at radius 1 is 1.04 bits per heavy atom. The van der Waals surface area contributed by atoms with E-state index in [4.69, 9.17) is 0 Å². The fourth-order valence-electron chi connectivity index (χ4n) is 7.35. The fourth-order valence-corrected chi connectivity index (χ4v) is 7.35. The lowest BCUT2D eigenvalue weighted by Crippen LogP contribution is -2.44. The van der Waals surface area contributed by atoms with Gasteiger partial charge in [-0.15, -0.1) is 0 Å². The van der Waals surface area contributed by atoms with Crippen molar-refractivity contribution in [2.75, 3.05) is 29.5 Å². The van der Waals surface area contributed by atoms with Gasteiger partial charge in [0.05, 0.1) is 29.6 Å². The number of likely N-dealkylation sites (tertiary alicyclic amines) is 1. The highest BCUT2D eigenvalue weighted by Crippen LogP contribution is 2.49. The highest BCUT2D eigenvalue weighted by atomic mass is 16.3. The molecule has 3 atom stereocenters. The first-order valence-corrected chi connectivity index (χ1v) is 17.0. The average molecular weight is 648 g/mol. The molecule has 0 unspecified atom stereocenters. The number of allylic oxidation sites excluding steroid dienone is 3. The topological polar surface area (TPSA) is 101 Å². The first-order chi connectivity index (χ1) is 23.1. The Morgan fingerprint density at radius 3 is 2.56 bits per heavy atom. The standard InChI is InChI=1S/C40H45N3O5/c1-26(2)10-5-11-27(3)21-23-42-34-20-19-30(43-35-17-8-14-29-13-7-16-32(37(29)35)38(43)46)24-33(34)40(48,39(42)47)28(4)12-6-18-36(45)41-22-9-15-31(41)25-44/h6-8,10,12-14,16-17,19-21,24,28,31,44,48H,5,9,11,15,18,22-23,25H2,1-4H3/b12-6+,27-21+/t28-,31+,40+/m1/s1. The molecule has 1 fully saturated rings. The van der Waals surface area contributed by atoms with Gasteiger partial charge in [-0.05, 0) is 82.2 Å². The van der Waals surface area contributed by atoms with E-state index in [2.05, 4.69) is 26.8 Å². The van der Waals surface area contributed by atoms with Crippen molar-refractivity contribution in [3.05, 3.63) is 101 Å². The summed E-state index contributed by atoms with van der Waals surface area (Å²) >= 11 is 0. The maximum atomic E-state index is 14.3. The van der Waals surface area contributed by atoms with Crippen LogP contribution in [0.15, 0.2) is 90.0 Å². The van der Waals surface area contributed by atoms with Crippen LogP contribution >= 0.6 is 0 Å². The molecule has 3 aromatic carbocycles. The molecule has 8 heteroatoms. The Bertz CT molecular complexity index is 1850. The molecule has 3 aliphatic heterocycles. The normalized spacial score (nSPS) is 21.2. The summed E-state index contributed by atoms with van der Waals surface area (Å²) in [5.41, 5.74) is 3.48. The summed E-state index contributed by atoms with van der Waals surface area (Å²) in [5.74, 6) is -1.36. The van der Waals surface area contributed by atoms with Crippen molar-refractivity contribution in [1.82, 2.24) is 4.90 Å². The van der Waals surface area contributed by atoms with Crippen molar-refractivity contribution < 1.29 is 24.6 Å². The second-order valence-corrected chi connectivity index (χ2v) is 13.6. The lowest BCUT2D eigenvalue weighted by Gasteiger charge is -2.28. The molecule has 48 heavy (non-hydrogen) atoms. The summed E-state index contributed by atoms with van der Waals surface area (Å²) in [6.45, 7) is 8.85. The van der Waals surface area contributed by atoms with E-state index in [0.29, 0.717) is 35.6 Å². The first kappa shape index (κ1) is 33.4. The van der Waals surface area contributed by atoms with Crippen molar-refractivity contribution >= 4 is 45.6 Å². The predicted octanol–water partition coefficient (Wildman–Crippen LogP) is 6.92. The summed E-state index contributed by atoms with van der Waals surface area (Å²) in [6.07, 6.45) is 11.2. The van der Waals surface area contributed by atoms with Gasteiger partial charge < -0.3 is 20.0 Å². The van der Waals surface area contributed by atoms with Gasteiger partial charge in [-0.3, -0.25) is 19.3 Å². The molecule has 3 amide bonds. The lowest BCUT2D eigenvalue weighted by atomic mass is 9.82. The summed E-state index contributed by atoms with van der Waals surface area (Å²) in [7, 11) is 0. The number of amides is 3. The van der Waals surface area contributed by atoms with Gasteiger partial charge in [-0.1, -0.05) is 66.6 Å². The number of nitrogens with zero attached hydrogens (tertiary/aromatic N) is 3. The molecule has 0 bridgehead atoms. The van der Waals surface area contributed by atoms with Crippen molar-refractivity contribution in [2.45, 2.75) is 71.4 Å². The third-order valence-corrected chi connectivity index (χ3v) is 10.1. The third kappa shape index (κ3) is 5.88. The van der Waals surface area contributed by atoms with Crippen LogP contribution in [0.1, 0.15) is 75.7 Å². The monoisotopic (exact) mass is 647 g/mol. The summed E-state index contributed by atoms with van der Waals surface area (Å²) < 4.78 is 0. The van der Waals surface area contributed by atoms with Crippen LogP contribution in [0.4, 0.5) is 17.1 Å². The van der Waals surface area contributed by atoms with Crippen molar-refractivity contribution in [3.63, 3.8) is 0 Å². The van der Waals surface area contributed by atoms with Gasteiger partial charge in [0.25, 0.3) is 11.8 Å². The van der Waals surface area contributed by atoms with Gasteiger partial charge in [0.15, 0.2) is 5.60 Å². The smallest absolute Gasteiger partial charge is 0.264 e. The molecule has 3 aromatic rings. The molecular formula is C40H45N3O5. The quantitative estimate of drug-likeness (QED) is 0.220. The van der Waals surface area contributed by atoms with Gasteiger partial charge in [0, 0.05) is 42.1 Å². The minimum absolute atomic E-state index is 0.0585. The molecule has 0 spiro atoms. The van der Waals surface area contributed by atoms with Gasteiger partial charge in [0.1, 0.15) is 0 Å². The number of carbonyl (C=O) groups excluding carboxylic acids is 3. The van der Waals surface area contributed by atoms with E-state index in [-0.39, 0.29) is 30.9 Å². The van der Waals surface area contributed by atoms with Crippen LogP contribution in [-0.2, 0) is 15.2 Å². The van der Waals surface area contributed by atoms with Crippen molar-refractivity contribution in [1.29, 1.82) is 0 Å². The van der Waals surface area contributed by atoms with E-state index in [1.807, 2.05) is 54.6 Å². The molecule has 0 aliphatic carbocycles. The molecule has 0 saturated carbocycles. The van der Waals surface area contributed by atoms with E-state index in [1.54, 1.807) is 39.8 Å². The molecular weight excluding hydrogens is 602 g/mol. The molecule has 3 aliphatic rings. The number of benzene rings is 3. The van der Waals surface area contributed by atoms with Crippen LogP contribution in [-0.4, -0.2) is 58.6 Å².